The first-order valence-corrected chi connectivity index (χ1v) is 8.06. The summed E-state index contributed by atoms with van der Waals surface area (Å²) in [5.74, 6) is 0. The van der Waals surface area contributed by atoms with Crippen LogP contribution in [0.2, 0.25) is 0 Å². The molecule has 1 heterocycles. The highest BCUT2D eigenvalue weighted by molar-refractivity contribution is 9.09. The largest absolute Gasteiger partial charge is 0.263 e. The minimum absolute atomic E-state index is 0.0195. The van der Waals surface area contributed by atoms with E-state index in [4.69, 9.17) is 0 Å². The number of nitrogens with zero attached hydrogens (tertiary/aromatic N) is 1. The molecule has 2 unspecified atom stereocenters. The topological polar surface area (TPSA) is 59.1 Å². The lowest BCUT2D eigenvalue weighted by Gasteiger charge is -2.27. The fraction of sp³-hybridized carbons (Fsp3) is 0.545. The molecule has 0 spiro atoms. The molecule has 17 heavy (non-hydrogen) atoms. The highest BCUT2D eigenvalue weighted by Crippen LogP contribution is 2.25. The summed E-state index contributed by atoms with van der Waals surface area (Å²) in [6.45, 7) is 0. The highest BCUT2D eigenvalue weighted by Gasteiger charge is 2.27. The Hall–Kier alpha value is -0.460. The molecule has 0 bridgehead atoms. The van der Waals surface area contributed by atoms with Gasteiger partial charge in [0.15, 0.2) is 0 Å². The van der Waals surface area contributed by atoms with Gasteiger partial charge >= 0.3 is 0 Å². The number of aromatic nitrogens is 1. The minimum Gasteiger partial charge on any atom is -0.263 e. The molecule has 0 saturated heterocycles. The SMILES string of the molecule is O=S(=O)(NC1CCCCC1Br)c1cccnc1. The first-order valence-electron chi connectivity index (χ1n) is 5.66. The van der Waals surface area contributed by atoms with Crippen molar-refractivity contribution in [1.29, 1.82) is 0 Å². The number of nitrogens with one attached hydrogen (secondary N) is 1. The van der Waals surface area contributed by atoms with E-state index in [1.54, 1.807) is 18.3 Å². The predicted molar refractivity (Wildman–Crippen MR) is 69.5 cm³/mol. The summed E-state index contributed by atoms with van der Waals surface area (Å²) >= 11 is 3.54. The zero-order chi connectivity index (χ0) is 12.3. The average molecular weight is 319 g/mol. The van der Waals surface area contributed by atoms with Gasteiger partial charge in [0.05, 0.1) is 0 Å². The number of hydrogen-bond donors (Lipinski definition) is 1. The molecule has 1 aromatic rings. The summed E-state index contributed by atoms with van der Waals surface area (Å²) in [6.07, 6.45) is 7.06. The number of pyridine rings is 1. The Labute approximate surface area is 110 Å². The summed E-state index contributed by atoms with van der Waals surface area (Å²) in [5.41, 5.74) is 0. The molecule has 1 fully saturated rings. The Kier molecular flexibility index (Phi) is 4.17. The maximum absolute atomic E-state index is 12.1. The second kappa shape index (κ2) is 5.46. The highest BCUT2D eigenvalue weighted by atomic mass is 79.9. The van der Waals surface area contributed by atoms with E-state index in [9.17, 15) is 8.42 Å². The van der Waals surface area contributed by atoms with Crippen LogP contribution < -0.4 is 4.72 Å². The van der Waals surface area contributed by atoms with Crippen molar-refractivity contribution in [2.45, 2.75) is 41.4 Å². The van der Waals surface area contributed by atoms with Gasteiger partial charge in [0.2, 0.25) is 10.0 Å². The molecule has 2 rings (SSSR count). The molecule has 1 aliphatic rings. The second-order valence-corrected chi connectivity index (χ2v) is 7.11. The van der Waals surface area contributed by atoms with Gasteiger partial charge in [-0.25, -0.2) is 13.1 Å². The second-order valence-electron chi connectivity index (χ2n) is 4.22. The lowest BCUT2D eigenvalue weighted by atomic mass is 9.96. The summed E-state index contributed by atoms with van der Waals surface area (Å²) in [5, 5.41) is 0. The van der Waals surface area contributed by atoms with E-state index in [2.05, 4.69) is 25.6 Å². The first-order chi connectivity index (χ1) is 8.09. The van der Waals surface area contributed by atoms with Crippen LogP contribution in [0.1, 0.15) is 25.7 Å². The van der Waals surface area contributed by atoms with Gasteiger partial charge in [-0.3, -0.25) is 4.98 Å². The fourth-order valence-electron chi connectivity index (χ4n) is 1.99. The van der Waals surface area contributed by atoms with E-state index in [1.165, 1.54) is 6.20 Å². The van der Waals surface area contributed by atoms with Crippen LogP contribution >= 0.6 is 15.9 Å². The fourth-order valence-corrected chi connectivity index (χ4v) is 4.16. The van der Waals surface area contributed by atoms with Crippen molar-refractivity contribution in [2.75, 3.05) is 0 Å². The Morgan fingerprint density at radius 1 is 1.35 bits per heavy atom. The summed E-state index contributed by atoms with van der Waals surface area (Å²) in [7, 11) is -3.44. The van der Waals surface area contributed by atoms with Crippen molar-refractivity contribution in [3.05, 3.63) is 24.5 Å². The zero-order valence-electron chi connectivity index (χ0n) is 9.34. The molecule has 0 radical (unpaired) electrons. The molecule has 1 aromatic heterocycles. The minimum atomic E-state index is -3.44. The molecular formula is C11H15BrN2O2S. The maximum atomic E-state index is 12.1. The van der Waals surface area contributed by atoms with Crippen LogP contribution in [0.5, 0.6) is 0 Å². The molecule has 94 valence electrons. The molecule has 0 aromatic carbocycles. The van der Waals surface area contributed by atoms with Gasteiger partial charge in [0, 0.05) is 23.3 Å². The monoisotopic (exact) mass is 318 g/mol. The lowest BCUT2D eigenvalue weighted by Crippen LogP contribution is -2.42. The van der Waals surface area contributed by atoms with E-state index in [1.807, 2.05) is 0 Å². The molecule has 1 N–H and O–H groups in total. The van der Waals surface area contributed by atoms with E-state index in [0.29, 0.717) is 0 Å². The van der Waals surface area contributed by atoms with Crippen LogP contribution in [0.25, 0.3) is 0 Å². The van der Waals surface area contributed by atoms with Gasteiger partial charge in [0.1, 0.15) is 4.90 Å². The Morgan fingerprint density at radius 2 is 2.12 bits per heavy atom. The quantitative estimate of drug-likeness (QED) is 0.868. The van der Waals surface area contributed by atoms with E-state index >= 15 is 0 Å². The number of sulfonamides is 1. The van der Waals surface area contributed by atoms with E-state index in [-0.39, 0.29) is 15.8 Å². The van der Waals surface area contributed by atoms with Crippen LogP contribution in [0.15, 0.2) is 29.4 Å². The van der Waals surface area contributed by atoms with Crippen LogP contribution in [-0.4, -0.2) is 24.3 Å². The Balaban J connectivity index is 2.12. The predicted octanol–water partition coefficient (Wildman–Crippen LogP) is 2.07. The molecule has 1 saturated carbocycles. The molecule has 2 atom stereocenters. The first kappa shape index (κ1) is 13.0. The molecule has 0 amide bonds. The number of halogens is 1. The van der Waals surface area contributed by atoms with Gasteiger partial charge in [-0.05, 0) is 25.0 Å². The maximum Gasteiger partial charge on any atom is 0.242 e. The van der Waals surface area contributed by atoms with Crippen molar-refractivity contribution in [3.8, 4) is 0 Å². The van der Waals surface area contributed by atoms with Crippen LogP contribution in [0, 0.1) is 0 Å². The third-order valence-corrected chi connectivity index (χ3v) is 5.50. The van der Waals surface area contributed by atoms with Crippen molar-refractivity contribution >= 4 is 26.0 Å². The normalized spacial score (nSPS) is 25.7. The van der Waals surface area contributed by atoms with E-state index < -0.39 is 10.0 Å². The number of hydrogen-bond acceptors (Lipinski definition) is 3. The van der Waals surface area contributed by atoms with Crippen LogP contribution in [-0.2, 0) is 10.0 Å². The Morgan fingerprint density at radius 3 is 2.76 bits per heavy atom. The molecule has 1 aliphatic carbocycles. The Bertz CT molecular complexity index is 464. The molecule has 4 nitrogen and oxygen atoms in total. The third-order valence-electron chi connectivity index (χ3n) is 2.93. The van der Waals surface area contributed by atoms with Crippen molar-refractivity contribution < 1.29 is 8.42 Å². The van der Waals surface area contributed by atoms with Gasteiger partial charge in [-0.1, -0.05) is 28.8 Å². The van der Waals surface area contributed by atoms with Crippen LogP contribution in [0.4, 0.5) is 0 Å². The number of rotatable bonds is 3. The van der Waals surface area contributed by atoms with Gasteiger partial charge in [-0.2, -0.15) is 0 Å². The standard InChI is InChI=1S/C11H15BrN2O2S/c12-10-5-1-2-6-11(10)14-17(15,16)9-4-3-7-13-8-9/h3-4,7-8,10-11,14H,1-2,5-6H2. The van der Waals surface area contributed by atoms with Gasteiger partial charge in [-0.15, -0.1) is 0 Å². The van der Waals surface area contributed by atoms with Crippen molar-refractivity contribution in [1.82, 2.24) is 9.71 Å². The van der Waals surface area contributed by atoms with Crippen LogP contribution in [0.3, 0.4) is 0 Å². The van der Waals surface area contributed by atoms with Gasteiger partial charge < -0.3 is 0 Å². The summed E-state index contributed by atoms with van der Waals surface area (Å²) in [6, 6.07) is 3.16. The smallest absolute Gasteiger partial charge is 0.242 e. The zero-order valence-corrected chi connectivity index (χ0v) is 11.7. The average Bonchev–Trinajstić information content (AvgIpc) is 2.33. The number of alkyl halides is 1. The van der Waals surface area contributed by atoms with Gasteiger partial charge in [0.25, 0.3) is 0 Å². The van der Waals surface area contributed by atoms with Crippen molar-refractivity contribution in [3.63, 3.8) is 0 Å². The van der Waals surface area contributed by atoms with Crippen molar-refractivity contribution in [2.24, 2.45) is 0 Å². The third kappa shape index (κ3) is 3.26. The molecular weight excluding hydrogens is 304 g/mol. The molecule has 0 aliphatic heterocycles. The lowest BCUT2D eigenvalue weighted by molar-refractivity contribution is 0.427. The van der Waals surface area contributed by atoms with E-state index in [0.717, 1.165) is 25.7 Å². The summed E-state index contributed by atoms with van der Waals surface area (Å²) in [4.78, 5) is 4.28. The molecule has 6 heteroatoms. The summed E-state index contributed by atoms with van der Waals surface area (Å²) < 4.78 is 26.9.